The first-order valence-electron chi connectivity index (χ1n) is 2.61. The molecular formula is C7H12S. The third-order valence-corrected chi connectivity index (χ3v) is 0.834. The Bertz CT molecular complexity index is 109. The van der Waals surface area contributed by atoms with Gasteiger partial charge in [-0.2, -0.15) is 0 Å². The van der Waals surface area contributed by atoms with Crippen LogP contribution < -0.4 is 0 Å². The van der Waals surface area contributed by atoms with E-state index in [0.717, 1.165) is 0 Å². The van der Waals surface area contributed by atoms with Crippen molar-refractivity contribution in [2.75, 3.05) is 6.26 Å². The third kappa shape index (κ3) is 5.91. The standard InChI is InChI=1S/C7H12S/c1-7(2,3)5-6-8-4/h1-4H3. The quantitative estimate of drug-likeness (QED) is 0.451. The lowest BCUT2D eigenvalue weighted by atomic mass is 9.99. The molecule has 8 heavy (non-hydrogen) atoms. The molecule has 0 nitrogen and oxygen atoms in total. The predicted octanol–water partition coefficient (Wildman–Crippen LogP) is 2.36. The lowest BCUT2D eigenvalue weighted by molar-refractivity contribution is 0.571. The molecule has 0 aliphatic carbocycles. The maximum atomic E-state index is 3.08. The van der Waals surface area contributed by atoms with Crippen molar-refractivity contribution in [3.63, 3.8) is 0 Å². The van der Waals surface area contributed by atoms with Gasteiger partial charge in [-0.05, 0) is 32.3 Å². The van der Waals surface area contributed by atoms with Gasteiger partial charge in [-0.15, -0.1) is 0 Å². The van der Waals surface area contributed by atoms with Crippen molar-refractivity contribution in [1.29, 1.82) is 0 Å². The van der Waals surface area contributed by atoms with Crippen LogP contribution in [0.2, 0.25) is 0 Å². The normalized spacial score (nSPS) is 10.0. The van der Waals surface area contributed by atoms with Crippen LogP contribution in [-0.2, 0) is 0 Å². The van der Waals surface area contributed by atoms with E-state index in [1.807, 2.05) is 6.26 Å². The number of hydrogen-bond donors (Lipinski definition) is 0. The van der Waals surface area contributed by atoms with Crippen molar-refractivity contribution in [3.8, 4) is 11.2 Å². The van der Waals surface area contributed by atoms with Gasteiger partial charge in [0.15, 0.2) is 0 Å². The molecule has 0 unspecified atom stereocenters. The second kappa shape index (κ2) is 3.04. The molecule has 0 fully saturated rings. The van der Waals surface area contributed by atoms with Crippen LogP contribution in [0.25, 0.3) is 0 Å². The summed E-state index contributed by atoms with van der Waals surface area (Å²) in [6.45, 7) is 6.32. The molecule has 0 saturated carbocycles. The highest BCUT2D eigenvalue weighted by atomic mass is 32.2. The highest BCUT2D eigenvalue weighted by molar-refractivity contribution is 8.03. The number of hydrogen-bond acceptors (Lipinski definition) is 1. The van der Waals surface area contributed by atoms with E-state index in [1.165, 1.54) is 0 Å². The number of thioether (sulfide) groups is 1. The fourth-order valence-electron chi connectivity index (χ4n) is 0.204. The highest BCUT2D eigenvalue weighted by Crippen LogP contribution is 2.10. The van der Waals surface area contributed by atoms with Crippen LogP contribution in [0.15, 0.2) is 0 Å². The fraction of sp³-hybridized carbons (Fsp3) is 0.714. The van der Waals surface area contributed by atoms with Crippen LogP contribution in [0.3, 0.4) is 0 Å². The molecule has 0 N–H and O–H groups in total. The van der Waals surface area contributed by atoms with Gasteiger partial charge in [-0.3, -0.25) is 0 Å². The van der Waals surface area contributed by atoms with Crippen LogP contribution in [0.5, 0.6) is 0 Å². The minimum atomic E-state index is 0.170. The van der Waals surface area contributed by atoms with Gasteiger partial charge in [0, 0.05) is 5.41 Å². The van der Waals surface area contributed by atoms with Gasteiger partial charge < -0.3 is 0 Å². The second-order valence-corrected chi connectivity index (χ2v) is 3.29. The predicted molar refractivity (Wildman–Crippen MR) is 40.7 cm³/mol. The van der Waals surface area contributed by atoms with Crippen LogP contribution in [0, 0.1) is 16.6 Å². The summed E-state index contributed by atoms with van der Waals surface area (Å²) in [5.41, 5.74) is 0.170. The number of rotatable bonds is 0. The summed E-state index contributed by atoms with van der Waals surface area (Å²) in [7, 11) is 0. The van der Waals surface area contributed by atoms with E-state index >= 15 is 0 Å². The van der Waals surface area contributed by atoms with Gasteiger partial charge in [-0.1, -0.05) is 17.7 Å². The van der Waals surface area contributed by atoms with E-state index in [-0.39, 0.29) is 5.41 Å². The first-order chi connectivity index (χ1) is 3.56. The molecule has 0 aromatic carbocycles. The van der Waals surface area contributed by atoms with E-state index in [2.05, 4.69) is 31.9 Å². The second-order valence-electron chi connectivity index (χ2n) is 2.68. The van der Waals surface area contributed by atoms with Gasteiger partial charge in [0.05, 0.1) is 0 Å². The van der Waals surface area contributed by atoms with Crippen molar-refractivity contribution >= 4 is 11.8 Å². The molecular weight excluding hydrogens is 116 g/mol. The van der Waals surface area contributed by atoms with Gasteiger partial charge in [0.1, 0.15) is 0 Å². The molecule has 0 heterocycles. The molecule has 0 atom stereocenters. The molecule has 0 amide bonds. The molecule has 0 saturated heterocycles. The minimum absolute atomic E-state index is 0.170. The van der Waals surface area contributed by atoms with Crippen LogP contribution >= 0.6 is 11.8 Å². The zero-order valence-corrected chi connectivity index (χ0v) is 6.72. The molecule has 0 spiro atoms. The van der Waals surface area contributed by atoms with Gasteiger partial charge >= 0.3 is 0 Å². The SMILES string of the molecule is CSC#CC(C)(C)C. The first kappa shape index (κ1) is 7.91. The molecule has 46 valence electrons. The van der Waals surface area contributed by atoms with Crippen molar-refractivity contribution < 1.29 is 0 Å². The Morgan fingerprint density at radius 1 is 1.25 bits per heavy atom. The van der Waals surface area contributed by atoms with Gasteiger partial charge in [0.25, 0.3) is 0 Å². The Morgan fingerprint density at radius 2 is 1.75 bits per heavy atom. The summed E-state index contributed by atoms with van der Waals surface area (Å²) < 4.78 is 0. The van der Waals surface area contributed by atoms with Gasteiger partial charge in [-0.25, -0.2) is 0 Å². The molecule has 0 radical (unpaired) electrons. The topological polar surface area (TPSA) is 0 Å². The fourth-order valence-corrected chi connectivity index (χ4v) is 0.612. The molecule has 0 aliphatic rings. The maximum Gasteiger partial charge on any atom is 0.0239 e. The van der Waals surface area contributed by atoms with E-state index in [9.17, 15) is 0 Å². The third-order valence-electron chi connectivity index (χ3n) is 0.528. The highest BCUT2D eigenvalue weighted by Gasteiger charge is 2.02. The zero-order valence-electron chi connectivity index (χ0n) is 5.91. The summed E-state index contributed by atoms with van der Waals surface area (Å²) in [5.74, 6) is 3.08. The smallest absolute Gasteiger partial charge is 0.0239 e. The molecule has 1 heteroatoms. The average molecular weight is 128 g/mol. The zero-order chi connectivity index (χ0) is 6.62. The summed E-state index contributed by atoms with van der Waals surface area (Å²) in [5, 5.41) is 2.95. The molecule has 0 rings (SSSR count). The van der Waals surface area contributed by atoms with Crippen molar-refractivity contribution in [2.45, 2.75) is 20.8 Å². The van der Waals surface area contributed by atoms with Gasteiger partial charge in [0.2, 0.25) is 0 Å². The Hall–Kier alpha value is -0.0900. The first-order valence-corrected chi connectivity index (χ1v) is 3.84. The molecule has 0 aromatic rings. The molecule has 0 aliphatic heterocycles. The van der Waals surface area contributed by atoms with Crippen LogP contribution in [0.4, 0.5) is 0 Å². The minimum Gasteiger partial charge on any atom is -0.0853 e. The Balaban J connectivity index is 3.69. The van der Waals surface area contributed by atoms with E-state index in [1.54, 1.807) is 11.8 Å². The largest absolute Gasteiger partial charge is 0.0853 e. The van der Waals surface area contributed by atoms with E-state index < -0.39 is 0 Å². The molecule has 0 aromatic heterocycles. The Labute approximate surface area is 56.1 Å². The summed E-state index contributed by atoms with van der Waals surface area (Å²) in [6.07, 6.45) is 1.98. The average Bonchev–Trinajstić information content (AvgIpc) is 1.59. The van der Waals surface area contributed by atoms with Crippen molar-refractivity contribution in [1.82, 2.24) is 0 Å². The Kier molecular flexibility index (Phi) is 3.01. The van der Waals surface area contributed by atoms with E-state index in [4.69, 9.17) is 0 Å². The Morgan fingerprint density at radius 3 is 1.88 bits per heavy atom. The van der Waals surface area contributed by atoms with Crippen molar-refractivity contribution in [2.24, 2.45) is 5.41 Å². The van der Waals surface area contributed by atoms with Crippen LogP contribution in [0.1, 0.15) is 20.8 Å². The van der Waals surface area contributed by atoms with Crippen molar-refractivity contribution in [3.05, 3.63) is 0 Å². The molecule has 0 bridgehead atoms. The van der Waals surface area contributed by atoms with Crippen LogP contribution in [-0.4, -0.2) is 6.26 Å². The summed E-state index contributed by atoms with van der Waals surface area (Å²) in [6, 6.07) is 0. The monoisotopic (exact) mass is 128 g/mol. The lowest BCUT2D eigenvalue weighted by Crippen LogP contribution is -1.98. The summed E-state index contributed by atoms with van der Waals surface area (Å²) in [4.78, 5) is 0. The van der Waals surface area contributed by atoms with E-state index in [0.29, 0.717) is 0 Å². The summed E-state index contributed by atoms with van der Waals surface area (Å²) >= 11 is 1.57. The maximum absolute atomic E-state index is 3.08. The lowest BCUT2D eigenvalue weighted by Gasteiger charge is -2.05.